The van der Waals surface area contributed by atoms with Gasteiger partial charge in [0.1, 0.15) is 6.61 Å². The van der Waals surface area contributed by atoms with Gasteiger partial charge in [-0.1, -0.05) is 19.9 Å². The van der Waals surface area contributed by atoms with Crippen LogP contribution in [-0.2, 0) is 34.7 Å². The highest BCUT2D eigenvalue weighted by Gasteiger charge is 2.45. The van der Waals surface area contributed by atoms with Crippen LogP contribution in [0.25, 0.3) is 22.3 Å². The zero-order valence-corrected chi connectivity index (χ0v) is 16.3. The Kier molecular flexibility index (Phi) is 3.64. The van der Waals surface area contributed by atoms with Gasteiger partial charge in [0.2, 0.25) is 0 Å². The van der Waals surface area contributed by atoms with Crippen molar-refractivity contribution in [2.24, 2.45) is 0 Å². The van der Waals surface area contributed by atoms with Crippen LogP contribution >= 0.6 is 0 Å². The number of nitrogens with zero attached hydrogens (tertiary/aromatic N) is 2. The Morgan fingerprint density at radius 2 is 2.07 bits per heavy atom. The summed E-state index contributed by atoms with van der Waals surface area (Å²) in [5.41, 5.74) is 9.60. The van der Waals surface area contributed by atoms with E-state index in [0.717, 1.165) is 28.5 Å². The van der Waals surface area contributed by atoms with Crippen LogP contribution in [0.3, 0.4) is 0 Å². The average molecular weight is 391 g/mol. The van der Waals surface area contributed by atoms with Crippen molar-refractivity contribution in [3.63, 3.8) is 0 Å². The molecule has 1 aromatic carbocycles. The first-order valence-electron chi connectivity index (χ1n) is 9.77. The molecule has 3 N–H and O–H groups in total. The minimum Gasteiger partial charge on any atom is -0.458 e. The molecular formula is C22H21N3O4. The van der Waals surface area contributed by atoms with Gasteiger partial charge in [-0.3, -0.25) is 4.79 Å². The third-order valence-corrected chi connectivity index (χ3v) is 6.21. The third kappa shape index (κ3) is 2.19. The number of nitrogen functional groups attached to an aromatic ring is 1. The summed E-state index contributed by atoms with van der Waals surface area (Å²) < 4.78 is 6.77. The first-order valence-corrected chi connectivity index (χ1v) is 9.77. The number of aliphatic hydroxyl groups is 1. The summed E-state index contributed by atoms with van der Waals surface area (Å²) in [7, 11) is 0. The van der Waals surface area contributed by atoms with Crippen molar-refractivity contribution in [1.82, 2.24) is 9.55 Å². The predicted molar refractivity (Wildman–Crippen MR) is 108 cm³/mol. The molecule has 3 aromatic rings. The molecule has 7 heteroatoms. The Morgan fingerprint density at radius 3 is 2.79 bits per heavy atom. The number of cyclic esters (lactones) is 1. The molecule has 2 aliphatic heterocycles. The minimum atomic E-state index is -1.82. The highest BCUT2D eigenvalue weighted by atomic mass is 16.6. The molecule has 2 aromatic heterocycles. The molecule has 0 fully saturated rings. The summed E-state index contributed by atoms with van der Waals surface area (Å²) in [6.07, 6.45) is 0.870. The Bertz CT molecular complexity index is 1280. The largest absolute Gasteiger partial charge is 0.458 e. The molecule has 0 spiro atoms. The van der Waals surface area contributed by atoms with Gasteiger partial charge >= 0.3 is 5.97 Å². The summed E-state index contributed by atoms with van der Waals surface area (Å²) >= 11 is 0. The number of nitrogens with two attached hydrogens (primary N) is 1. The minimum absolute atomic E-state index is 0.122. The van der Waals surface area contributed by atoms with Gasteiger partial charge in [0, 0.05) is 22.2 Å². The Morgan fingerprint density at radius 1 is 1.28 bits per heavy atom. The Labute approximate surface area is 166 Å². The molecule has 1 atom stereocenters. The van der Waals surface area contributed by atoms with Crippen LogP contribution in [0.1, 0.15) is 42.5 Å². The van der Waals surface area contributed by atoms with Crippen LogP contribution in [0.4, 0.5) is 5.69 Å². The van der Waals surface area contributed by atoms with Gasteiger partial charge in [0.25, 0.3) is 5.56 Å². The fourth-order valence-corrected chi connectivity index (χ4v) is 4.64. The summed E-state index contributed by atoms with van der Waals surface area (Å²) in [4.78, 5) is 30.3. The maximum absolute atomic E-state index is 13.3. The van der Waals surface area contributed by atoms with E-state index >= 15 is 0 Å². The smallest absolute Gasteiger partial charge is 0.343 e. The fraction of sp³-hybridized carbons (Fsp3) is 0.318. The van der Waals surface area contributed by atoms with Gasteiger partial charge in [0.15, 0.2) is 5.60 Å². The van der Waals surface area contributed by atoms with Crippen molar-refractivity contribution in [2.75, 3.05) is 5.73 Å². The van der Waals surface area contributed by atoms with Gasteiger partial charge in [-0.2, -0.15) is 0 Å². The van der Waals surface area contributed by atoms with Crippen LogP contribution < -0.4 is 11.3 Å². The Balaban J connectivity index is 1.85. The molecule has 0 saturated heterocycles. The van der Waals surface area contributed by atoms with Gasteiger partial charge in [-0.25, -0.2) is 9.78 Å². The van der Waals surface area contributed by atoms with E-state index in [2.05, 4.69) is 6.92 Å². The number of carbonyl (C=O) groups is 1. The first kappa shape index (κ1) is 17.9. The summed E-state index contributed by atoms with van der Waals surface area (Å²) in [6, 6.07) is 7.35. The quantitative estimate of drug-likeness (QED) is 0.401. The van der Waals surface area contributed by atoms with E-state index < -0.39 is 11.6 Å². The molecule has 4 heterocycles. The molecule has 0 radical (unpaired) electrons. The molecule has 0 saturated carbocycles. The lowest BCUT2D eigenvalue weighted by Crippen LogP contribution is -2.44. The number of pyridine rings is 2. The van der Waals surface area contributed by atoms with E-state index in [4.69, 9.17) is 15.5 Å². The van der Waals surface area contributed by atoms with E-state index in [1.165, 1.54) is 0 Å². The number of rotatable bonds is 2. The summed E-state index contributed by atoms with van der Waals surface area (Å²) in [6.45, 7) is 4.00. The van der Waals surface area contributed by atoms with Crippen molar-refractivity contribution < 1.29 is 14.6 Å². The van der Waals surface area contributed by atoms with Crippen LogP contribution in [0, 0.1) is 0 Å². The van der Waals surface area contributed by atoms with E-state index in [9.17, 15) is 14.7 Å². The summed E-state index contributed by atoms with van der Waals surface area (Å²) in [5.74, 6) is -0.719. The van der Waals surface area contributed by atoms with E-state index in [1.807, 2.05) is 18.2 Å². The number of carbonyl (C=O) groups excluding carboxylic acids is 1. The molecule has 0 aliphatic carbocycles. The summed E-state index contributed by atoms with van der Waals surface area (Å²) in [5, 5.41) is 11.9. The molecule has 5 rings (SSSR count). The van der Waals surface area contributed by atoms with E-state index in [-0.39, 0.29) is 18.6 Å². The van der Waals surface area contributed by atoms with Gasteiger partial charge in [0.05, 0.1) is 29.0 Å². The van der Waals surface area contributed by atoms with Crippen LogP contribution in [0.2, 0.25) is 0 Å². The van der Waals surface area contributed by atoms with Crippen molar-refractivity contribution in [3.8, 4) is 11.4 Å². The predicted octanol–water partition coefficient (Wildman–Crippen LogP) is 2.22. The molecule has 0 bridgehead atoms. The molecule has 0 amide bonds. The van der Waals surface area contributed by atoms with Crippen LogP contribution in [0.5, 0.6) is 0 Å². The lowest BCUT2D eigenvalue weighted by molar-refractivity contribution is -0.172. The molecule has 29 heavy (non-hydrogen) atoms. The zero-order chi connectivity index (χ0) is 20.5. The standard InChI is InChI=1S/C22H21N3O4/c1-3-11-12-9-25-17(19(12)24-16-7-5-6-15(23)18(11)16)8-14-13(20(25)26)10-29-21(27)22(14,28)4-2/h5-8,28H,3-4,9-10,23H2,1-2H3/t22-/m0/s1. The van der Waals surface area contributed by atoms with Gasteiger partial charge < -0.3 is 20.1 Å². The number of hydrogen-bond acceptors (Lipinski definition) is 6. The van der Waals surface area contributed by atoms with Gasteiger partial charge in [-0.15, -0.1) is 0 Å². The third-order valence-electron chi connectivity index (χ3n) is 6.21. The van der Waals surface area contributed by atoms with E-state index in [1.54, 1.807) is 17.6 Å². The second-order valence-corrected chi connectivity index (χ2v) is 7.62. The van der Waals surface area contributed by atoms with Crippen molar-refractivity contribution in [1.29, 1.82) is 0 Å². The monoisotopic (exact) mass is 391 g/mol. The van der Waals surface area contributed by atoms with Crippen molar-refractivity contribution in [2.45, 2.75) is 45.4 Å². The fourth-order valence-electron chi connectivity index (χ4n) is 4.64. The Hall–Kier alpha value is -3.19. The average Bonchev–Trinajstić information content (AvgIpc) is 3.08. The van der Waals surface area contributed by atoms with Crippen molar-refractivity contribution >= 4 is 22.6 Å². The molecule has 0 unspecified atom stereocenters. The number of fused-ring (bicyclic) bond motifs is 5. The van der Waals surface area contributed by atoms with Crippen LogP contribution in [-0.4, -0.2) is 20.6 Å². The number of esters is 1. The number of aromatic nitrogens is 2. The normalized spacial score (nSPS) is 19.6. The highest BCUT2D eigenvalue weighted by molar-refractivity contribution is 5.96. The molecule has 148 valence electrons. The van der Waals surface area contributed by atoms with E-state index in [0.29, 0.717) is 34.7 Å². The number of anilines is 1. The zero-order valence-electron chi connectivity index (χ0n) is 16.3. The topological polar surface area (TPSA) is 107 Å². The molecule has 7 nitrogen and oxygen atoms in total. The lowest BCUT2D eigenvalue weighted by atomic mass is 9.86. The molecule has 2 aliphatic rings. The number of hydrogen-bond donors (Lipinski definition) is 2. The second kappa shape index (κ2) is 5.90. The van der Waals surface area contributed by atoms with Gasteiger partial charge in [-0.05, 0) is 36.6 Å². The highest BCUT2D eigenvalue weighted by Crippen LogP contribution is 2.41. The lowest BCUT2D eigenvalue weighted by Gasteiger charge is -2.31. The van der Waals surface area contributed by atoms with Crippen LogP contribution in [0.15, 0.2) is 29.1 Å². The second-order valence-electron chi connectivity index (χ2n) is 7.62. The maximum Gasteiger partial charge on any atom is 0.343 e. The van der Waals surface area contributed by atoms with Crippen molar-refractivity contribution in [3.05, 3.63) is 56.9 Å². The molecular weight excluding hydrogens is 370 g/mol. The number of aryl methyl sites for hydroxylation is 1. The number of ether oxygens (including phenoxy) is 1. The number of benzene rings is 1. The maximum atomic E-state index is 13.3. The SMILES string of the molecule is CCc1c2c(nc3cccc(N)c13)-c1cc3c(c(=O)n1C2)COC(=O)[C@]3(O)CC. The first-order chi connectivity index (χ1) is 13.9.